The summed E-state index contributed by atoms with van der Waals surface area (Å²) < 4.78 is 10.7. The highest BCUT2D eigenvalue weighted by atomic mass is 32.1. The highest BCUT2D eigenvalue weighted by molar-refractivity contribution is 7.09. The zero-order chi connectivity index (χ0) is 18.2. The molecule has 1 rings (SSSR count). The Balaban J connectivity index is 2.27. The number of unbranched alkanes of at least 4 members (excludes halogenated alkanes) is 1. The number of carbonyl (C=O) groups excluding carboxylic acids is 1. The highest BCUT2D eigenvalue weighted by Gasteiger charge is 2.23. The molecule has 1 aromatic heterocycles. The summed E-state index contributed by atoms with van der Waals surface area (Å²) in [7, 11) is 0. The Hall–Kier alpha value is -1.47. The van der Waals surface area contributed by atoms with E-state index < -0.39 is 17.9 Å². The molecule has 0 saturated heterocycles. The number of aromatic nitrogens is 1. The molecule has 0 aromatic carbocycles. The molecule has 1 aromatic rings. The third-order valence-corrected chi connectivity index (χ3v) is 4.04. The Labute approximate surface area is 147 Å². The molecule has 0 amide bonds. The quantitative estimate of drug-likeness (QED) is 0.511. The SMILES string of the molecule is Cc1nc(CC(CC(=O)OCCCCOC(C)(C)C)C(=O)O)cs1. The Kier molecular flexibility index (Phi) is 8.35. The second kappa shape index (κ2) is 9.74. The first-order valence-electron chi connectivity index (χ1n) is 8.11. The number of carbonyl (C=O) groups is 2. The molecule has 1 N–H and O–H groups in total. The van der Waals surface area contributed by atoms with Crippen LogP contribution in [0.25, 0.3) is 0 Å². The first-order valence-corrected chi connectivity index (χ1v) is 8.99. The average molecular weight is 357 g/mol. The van der Waals surface area contributed by atoms with E-state index in [1.165, 1.54) is 11.3 Å². The van der Waals surface area contributed by atoms with Gasteiger partial charge in [0.15, 0.2) is 0 Å². The number of aryl methyl sites for hydroxylation is 1. The van der Waals surface area contributed by atoms with Gasteiger partial charge < -0.3 is 14.6 Å². The topological polar surface area (TPSA) is 85.7 Å². The Morgan fingerprint density at radius 3 is 2.50 bits per heavy atom. The molecule has 0 saturated carbocycles. The van der Waals surface area contributed by atoms with Crippen LogP contribution in [0.5, 0.6) is 0 Å². The fourth-order valence-electron chi connectivity index (χ4n) is 2.03. The van der Waals surface area contributed by atoms with Crippen molar-refractivity contribution < 1.29 is 24.2 Å². The summed E-state index contributed by atoms with van der Waals surface area (Å²) in [4.78, 5) is 27.4. The minimum Gasteiger partial charge on any atom is -0.481 e. The first-order chi connectivity index (χ1) is 11.2. The molecule has 136 valence electrons. The lowest BCUT2D eigenvalue weighted by atomic mass is 10.0. The number of aliphatic carboxylic acids is 1. The van der Waals surface area contributed by atoms with E-state index in [0.29, 0.717) is 18.7 Å². The summed E-state index contributed by atoms with van der Waals surface area (Å²) in [6.45, 7) is 8.73. The van der Waals surface area contributed by atoms with Gasteiger partial charge in [-0.15, -0.1) is 11.3 Å². The van der Waals surface area contributed by atoms with Gasteiger partial charge in [-0.3, -0.25) is 9.59 Å². The molecular weight excluding hydrogens is 330 g/mol. The number of esters is 1. The molecular formula is C17H27NO5S. The molecule has 0 radical (unpaired) electrons. The third kappa shape index (κ3) is 8.98. The van der Waals surface area contributed by atoms with Crippen LogP contribution in [-0.4, -0.2) is 40.8 Å². The van der Waals surface area contributed by atoms with Crippen LogP contribution in [0.1, 0.15) is 50.7 Å². The number of hydrogen-bond donors (Lipinski definition) is 1. The molecule has 7 heteroatoms. The van der Waals surface area contributed by atoms with Gasteiger partial charge in [0.2, 0.25) is 0 Å². The van der Waals surface area contributed by atoms with E-state index in [9.17, 15) is 14.7 Å². The van der Waals surface area contributed by atoms with Crippen molar-refractivity contribution in [3.63, 3.8) is 0 Å². The number of carboxylic acid groups (broad SMARTS) is 1. The van der Waals surface area contributed by atoms with E-state index in [0.717, 1.165) is 11.4 Å². The Morgan fingerprint density at radius 2 is 1.96 bits per heavy atom. The van der Waals surface area contributed by atoms with Crippen molar-refractivity contribution in [1.29, 1.82) is 0 Å². The van der Waals surface area contributed by atoms with Gasteiger partial charge in [-0.25, -0.2) is 4.98 Å². The molecule has 1 heterocycles. The monoisotopic (exact) mass is 357 g/mol. The zero-order valence-electron chi connectivity index (χ0n) is 14.8. The Bertz CT molecular complexity index is 535. The summed E-state index contributed by atoms with van der Waals surface area (Å²) in [6, 6.07) is 0. The maximum atomic E-state index is 11.8. The van der Waals surface area contributed by atoms with Gasteiger partial charge in [0.25, 0.3) is 0 Å². The van der Waals surface area contributed by atoms with Crippen molar-refractivity contribution >= 4 is 23.3 Å². The van der Waals surface area contributed by atoms with Gasteiger partial charge in [0.05, 0.1) is 35.2 Å². The van der Waals surface area contributed by atoms with Crippen molar-refractivity contribution in [2.24, 2.45) is 5.92 Å². The van der Waals surface area contributed by atoms with Gasteiger partial charge in [-0.1, -0.05) is 0 Å². The number of carboxylic acids is 1. The predicted molar refractivity (Wildman–Crippen MR) is 92.2 cm³/mol. The molecule has 0 aliphatic rings. The van der Waals surface area contributed by atoms with Crippen LogP contribution in [0.15, 0.2) is 5.38 Å². The summed E-state index contributed by atoms with van der Waals surface area (Å²) in [5.74, 6) is -2.29. The van der Waals surface area contributed by atoms with E-state index in [4.69, 9.17) is 9.47 Å². The van der Waals surface area contributed by atoms with Gasteiger partial charge in [-0.2, -0.15) is 0 Å². The normalized spacial score (nSPS) is 12.8. The molecule has 0 fully saturated rings. The summed E-state index contributed by atoms with van der Waals surface area (Å²) >= 11 is 1.47. The maximum Gasteiger partial charge on any atom is 0.307 e. The van der Waals surface area contributed by atoms with E-state index in [-0.39, 0.29) is 25.0 Å². The molecule has 0 aliphatic heterocycles. The van der Waals surface area contributed by atoms with Crippen LogP contribution >= 0.6 is 11.3 Å². The van der Waals surface area contributed by atoms with Crippen molar-refractivity contribution in [2.45, 2.75) is 59.0 Å². The lowest BCUT2D eigenvalue weighted by Gasteiger charge is -2.19. The lowest BCUT2D eigenvalue weighted by Crippen LogP contribution is -2.22. The fourth-order valence-corrected chi connectivity index (χ4v) is 2.66. The second-order valence-electron chi connectivity index (χ2n) is 6.69. The third-order valence-electron chi connectivity index (χ3n) is 3.22. The van der Waals surface area contributed by atoms with Crippen molar-refractivity contribution in [3.05, 3.63) is 16.1 Å². The smallest absolute Gasteiger partial charge is 0.307 e. The summed E-state index contributed by atoms with van der Waals surface area (Å²) in [5, 5.41) is 12.0. The number of ether oxygens (including phenoxy) is 2. The van der Waals surface area contributed by atoms with Crippen molar-refractivity contribution in [1.82, 2.24) is 4.98 Å². The van der Waals surface area contributed by atoms with Crippen LogP contribution in [-0.2, 0) is 25.5 Å². The van der Waals surface area contributed by atoms with Gasteiger partial charge in [-0.05, 0) is 40.5 Å². The predicted octanol–water partition coefficient (Wildman–Crippen LogP) is 3.22. The van der Waals surface area contributed by atoms with Crippen LogP contribution in [0, 0.1) is 12.8 Å². The van der Waals surface area contributed by atoms with Crippen LogP contribution in [0.2, 0.25) is 0 Å². The molecule has 6 nitrogen and oxygen atoms in total. The van der Waals surface area contributed by atoms with Gasteiger partial charge in [0, 0.05) is 18.4 Å². The number of rotatable bonds is 10. The lowest BCUT2D eigenvalue weighted by molar-refractivity contribution is -0.151. The highest BCUT2D eigenvalue weighted by Crippen LogP contribution is 2.16. The number of hydrogen-bond acceptors (Lipinski definition) is 6. The number of nitrogens with zero attached hydrogens (tertiary/aromatic N) is 1. The van der Waals surface area contributed by atoms with E-state index in [1.54, 1.807) is 0 Å². The molecule has 1 atom stereocenters. The van der Waals surface area contributed by atoms with Crippen LogP contribution in [0.3, 0.4) is 0 Å². The molecule has 0 spiro atoms. The summed E-state index contributed by atoms with van der Waals surface area (Å²) in [6.07, 6.45) is 1.61. The summed E-state index contributed by atoms with van der Waals surface area (Å²) in [5.41, 5.74) is 0.538. The molecule has 0 bridgehead atoms. The largest absolute Gasteiger partial charge is 0.481 e. The first kappa shape index (κ1) is 20.6. The van der Waals surface area contributed by atoms with Gasteiger partial charge >= 0.3 is 11.9 Å². The number of thiazole rings is 1. The van der Waals surface area contributed by atoms with Crippen LogP contribution < -0.4 is 0 Å². The maximum absolute atomic E-state index is 11.8. The standard InChI is InChI=1S/C17H27NO5S/c1-12-18-14(11-24-12)9-13(16(20)21)10-15(19)22-7-5-6-8-23-17(2,3)4/h11,13H,5-10H2,1-4H3,(H,20,21). The minimum absolute atomic E-state index is 0.135. The fraction of sp³-hybridized carbons (Fsp3) is 0.706. The second-order valence-corrected chi connectivity index (χ2v) is 7.75. The van der Waals surface area contributed by atoms with E-state index in [2.05, 4.69) is 4.98 Å². The average Bonchev–Trinajstić information content (AvgIpc) is 2.86. The van der Waals surface area contributed by atoms with E-state index >= 15 is 0 Å². The Morgan fingerprint density at radius 1 is 1.29 bits per heavy atom. The zero-order valence-corrected chi connectivity index (χ0v) is 15.6. The van der Waals surface area contributed by atoms with Gasteiger partial charge in [0.1, 0.15) is 0 Å². The molecule has 0 aliphatic carbocycles. The molecule has 1 unspecified atom stereocenters. The van der Waals surface area contributed by atoms with Crippen LogP contribution in [0.4, 0.5) is 0 Å². The minimum atomic E-state index is -1.00. The van der Waals surface area contributed by atoms with Crippen molar-refractivity contribution in [3.8, 4) is 0 Å². The van der Waals surface area contributed by atoms with E-state index in [1.807, 2.05) is 33.1 Å². The molecule has 24 heavy (non-hydrogen) atoms. The van der Waals surface area contributed by atoms with Crippen molar-refractivity contribution in [2.75, 3.05) is 13.2 Å².